The third kappa shape index (κ3) is 3.57. The third-order valence-corrected chi connectivity index (χ3v) is 2.47. The number of halogens is 4. The van der Waals surface area contributed by atoms with Crippen molar-refractivity contribution < 1.29 is 27.1 Å². The number of hydrogen-bond donors (Lipinski definition) is 2. The first kappa shape index (κ1) is 15.2. The Morgan fingerprint density at radius 1 is 1.42 bits per heavy atom. The molecule has 8 heteroatoms. The zero-order valence-electron chi connectivity index (χ0n) is 9.92. The van der Waals surface area contributed by atoms with Gasteiger partial charge in [-0.2, -0.15) is 13.2 Å². The van der Waals surface area contributed by atoms with Gasteiger partial charge in [0.2, 0.25) is 0 Å². The van der Waals surface area contributed by atoms with Crippen LogP contribution in [0.2, 0.25) is 0 Å². The van der Waals surface area contributed by atoms with E-state index >= 15 is 0 Å². The van der Waals surface area contributed by atoms with Crippen LogP contribution in [-0.4, -0.2) is 19.1 Å². The number of hydrogen-bond acceptors (Lipinski definition) is 4. The quantitative estimate of drug-likeness (QED) is 0.499. The topological polar surface area (TPSA) is 78.3 Å². The first-order valence-electron chi connectivity index (χ1n) is 5.15. The smallest absolute Gasteiger partial charge is 0.416 e. The molecule has 0 aliphatic rings. The lowest BCUT2D eigenvalue weighted by Gasteiger charge is -2.16. The van der Waals surface area contributed by atoms with Crippen LogP contribution in [0.15, 0.2) is 12.1 Å². The van der Waals surface area contributed by atoms with Gasteiger partial charge in [-0.1, -0.05) is 0 Å². The maximum Gasteiger partial charge on any atom is 0.416 e. The van der Waals surface area contributed by atoms with Crippen molar-refractivity contribution in [1.82, 2.24) is 0 Å². The summed E-state index contributed by atoms with van der Waals surface area (Å²) < 4.78 is 55.8. The van der Waals surface area contributed by atoms with Crippen molar-refractivity contribution in [3.8, 4) is 0 Å². The molecular formula is C11H12F4N2O2. The summed E-state index contributed by atoms with van der Waals surface area (Å²) in [6.07, 6.45) is -5.22. The molecule has 106 valence electrons. The minimum Gasteiger partial charge on any atom is -0.468 e. The Bertz CT molecular complexity index is 488. The number of benzene rings is 1. The molecular weight excluding hydrogens is 268 g/mol. The lowest BCUT2D eigenvalue weighted by molar-refractivity contribution is -0.143. The molecule has 1 atom stereocenters. The summed E-state index contributed by atoms with van der Waals surface area (Å²) in [4.78, 5) is 11.1. The highest BCUT2D eigenvalue weighted by molar-refractivity contribution is 5.75. The molecule has 0 unspecified atom stereocenters. The predicted molar refractivity (Wildman–Crippen MR) is 59.5 cm³/mol. The van der Waals surface area contributed by atoms with Gasteiger partial charge in [0.25, 0.3) is 0 Å². The van der Waals surface area contributed by atoms with Crippen molar-refractivity contribution in [2.75, 3.05) is 12.8 Å². The zero-order chi connectivity index (χ0) is 14.8. The van der Waals surface area contributed by atoms with Gasteiger partial charge in [0, 0.05) is 0 Å². The van der Waals surface area contributed by atoms with E-state index in [1.807, 2.05) is 0 Å². The van der Waals surface area contributed by atoms with Gasteiger partial charge in [0.1, 0.15) is 11.9 Å². The minimum atomic E-state index is -4.72. The normalized spacial score (nSPS) is 13.2. The Hall–Kier alpha value is -1.83. The van der Waals surface area contributed by atoms with Gasteiger partial charge in [-0.15, -0.1) is 0 Å². The van der Waals surface area contributed by atoms with Gasteiger partial charge in [-0.25, -0.2) is 4.39 Å². The highest BCUT2D eigenvalue weighted by Gasteiger charge is 2.35. The highest BCUT2D eigenvalue weighted by Crippen LogP contribution is 2.34. The second-order valence-electron chi connectivity index (χ2n) is 3.86. The lowest BCUT2D eigenvalue weighted by atomic mass is 9.99. The number of carbonyl (C=O) groups is 1. The monoisotopic (exact) mass is 280 g/mol. The number of anilines is 1. The second kappa shape index (κ2) is 5.43. The number of methoxy groups -OCH3 is 1. The van der Waals surface area contributed by atoms with E-state index in [1.54, 1.807) is 0 Å². The number of carbonyl (C=O) groups excluding carboxylic acids is 1. The molecule has 0 aromatic heterocycles. The number of nitrogens with two attached hydrogens (primary N) is 2. The van der Waals surface area contributed by atoms with Crippen molar-refractivity contribution in [1.29, 1.82) is 0 Å². The number of ether oxygens (including phenoxy) is 1. The Labute approximate surface area is 106 Å². The highest BCUT2D eigenvalue weighted by atomic mass is 19.4. The summed E-state index contributed by atoms with van der Waals surface area (Å²) in [5.74, 6) is -1.88. The Morgan fingerprint density at radius 2 is 2.00 bits per heavy atom. The molecule has 0 fully saturated rings. The largest absolute Gasteiger partial charge is 0.468 e. The van der Waals surface area contributed by atoms with E-state index in [0.29, 0.717) is 12.1 Å². The SMILES string of the molecule is COC(=O)[C@@H](N)Cc1cc(F)c(N)cc1C(F)(F)F. The Morgan fingerprint density at radius 3 is 2.47 bits per heavy atom. The fraction of sp³-hybridized carbons (Fsp3) is 0.364. The van der Waals surface area contributed by atoms with Crippen LogP contribution in [0.3, 0.4) is 0 Å². The molecule has 0 heterocycles. The van der Waals surface area contributed by atoms with Crippen molar-refractivity contribution in [3.05, 3.63) is 29.1 Å². The first-order chi connectivity index (χ1) is 8.66. The van der Waals surface area contributed by atoms with Crippen LogP contribution in [0.5, 0.6) is 0 Å². The van der Waals surface area contributed by atoms with Crippen LogP contribution >= 0.6 is 0 Å². The van der Waals surface area contributed by atoms with Crippen LogP contribution in [0.25, 0.3) is 0 Å². The van der Waals surface area contributed by atoms with Crippen LogP contribution in [0.1, 0.15) is 11.1 Å². The molecule has 0 radical (unpaired) electrons. The van der Waals surface area contributed by atoms with Gasteiger partial charge in [-0.3, -0.25) is 4.79 Å². The van der Waals surface area contributed by atoms with Gasteiger partial charge >= 0.3 is 12.1 Å². The maximum absolute atomic E-state index is 13.2. The molecule has 19 heavy (non-hydrogen) atoms. The molecule has 0 saturated heterocycles. The van der Waals surface area contributed by atoms with Crippen molar-refractivity contribution in [2.45, 2.75) is 18.6 Å². The van der Waals surface area contributed by atoms with Crippen molar-refractivity contribution in [2.24, 2.45) is 5.73 Å². The van der Waals surface area contributed by atoms with Crippen molar-refractivity contribution in [3.63, 3.8) is 0 Å². The summed E-state index contributed by atoms with van der Waals surface area (Å²) >= 11 is 0. The van der Waals surface area contributed by atoms with E-state index in [-0.39, 0.29) is 0 Å². The molecule has 4 N–H and O–H groups in total. The molecule has 0 saturated carbocycles. The molecule has 1 rings (SSSR count). The molecule has 4 nitrogen and oxygen atoms in total. The van der Waals surface area contributed by atoms with Gasteiger partial charge in [0.05, 0.1) is 18.4 Å². The molecule has 0 aliphatic carbocycles. The number of rotatable bonds is 3. The third-order valence-electron chi connectivity index (χ3n) is 2.47. The zero-order valence-corrected chi connectivity index (χ0v) is 9.92. The number of nitrogen functional groups attached to an aromatic ring is 1. The first-order valence-corrected chi connectivity index (χ1v) is 5.15. The molecule has 1 aromatic carbocycles. The summed E-state index contributed by atoms with van der Waals surface area (Å²) in [5.41, 5.74) is 8.28. The summed E-state index contributed by atoms with van der Waals surface area (Å²) in [6, 6.07) is -0.204. The summed E-state index contributed by atoms with van der Waals surface area (Å²) in [7, 11) is 1.05. The van der Waals surface area contributed by atoms with E-state index in [2.05, 4.69) is 4.74 Å². The maximum atomic E-state index is 13.2. The van der Waals surface area contributed by atoms with Gasteiger partial charge < -0.3 is 16.2 Å². The summed E-state index contributed by atoms with van der Waals surface area (Å²) in [6.45, 7) is 0. The van der Waals surface area contributed by atoms with E-state index in [1.165, 1.54) is 0 Å². The van der Waals surface area contributed by atoms with E-state index in [4.69, 9.17) is 11.5 Å². The molecule has 0 amide bonds. The Kier molecular flexibility index (Phi) is 4.35. The van der Waals surface area contributed by atoms with E-state index in [9.17, 15) is 22.4 Å². The number of esters is 1. The predicted octanol–water partition coefficient (Wildman–Crippen LogP) is 1.47. The molecule has 1 aromatic rings. The van der Waals surface area contributed by atoms with Crippen LogP contribution in [0, 0.1) is 5.82 Å². The van der Waals surface area contributed by atoms with E-state index in [0.717, 1.165) is 7.11 Å². The van der Waals surface area contributed by atoms with Crippen LogP contribution < -0.4 is 11.5 Å². The average Bonchev–Trinajstić information content (AvgIpc) is 2.30. The standard InChI is InChI=1S/C11H12F4N2O2/c1-19-10(18)9(17)3-5-2-7(12)8(16)4-6(5)11(13,14)15/h2,4,9H,3,16-17H2,1H3/t9-/m0/s1. The molecule has 0 aliphatic heterocycles. The van der Waals surface area contributed by atoms with Crippen molar-refractivity contribution >= 4 is 11.7 Å². The fourth-order valence-corrected chi connectivity index (χ4v) is 1.54. The molecule has 0 spiro atoms. The van der Waals surface area contributed by atoms with Gasteiger partial charge in [0.15, 0.2) is 0 Å². The van der Waals surface area contributed by atoms with E-state index < -0.39 is 47.2 Å². The minimum absolute atomic E-state index is 0.447. The number of alkyl halides is 3. The van der Waals surface area contributed by atoms with Crippen LogP contribution in [-0.2, 0) is 22.1 Å². The lowest BCUT2D eigenvalue weighted by Crippen LogP contribution is -2.34. The Balaban J connectivity index is 3.19. The van der Waals surface area contributed by atoms with Crippen LogP contribution in [0.4, 0.5) is 23.2 Å². The average molecular weight is 280 g/mol. The fourth-order valence-electron chi connectivity index (χ4n) is 1.54. The summed E-state index contributed by atoms with van der Waals surface area (Å²) in [5, 5.41) is 0. The molecule has 0 bridgehead atoms. The van der Waals surface area contributed by atoms with Gasteiger partial charge in [-0.05, 0) is 24.1 Å². The second-order valence-corrected chi connectivity index (χ2v) is 3.86.